The fraction of sp³-hybridized carbons (Fsp3) is 0.655. The Bertz CT molecular complexity index is 1200. The van der Waals surface area contributed by atoms with Crippen molar-refractivity contribution in [2.24, 2.45) is 0 Å². The Hall–Kier alpha value is -3.38. The summed E-state index contributed by atoms with van der Waals surface area (Å²) in [7, 11) is 3.91. The molecule has 4 rings (SSSR count). The van der Waals surface area contributed by atoms with E-state index in [-0.39, 0.29) is 42.8 Å². The molecular formula is C29H46N8O4. The number of ether oxygens (including phenoxy) is 1. The molecule has 2 aromatic rings. The quantitative estimate of drug-likeness (QED) is 0.349. The Morgan fingerprint density at radius 2 is 1.93 bits per heavy atom. The first-order valence-electron chi connectivity index (χ1n) is 14.8. The molecule has 4 heterocycles. The van der Waals surface area contributed by atoms with E-state index in [1.807, 2.05) is 49.0 Å². The number of carbonyl (C=O) groups excluding carboxylic acids is 2. The highest BCUT2D eigenvalue weighted by Gasteiger charge is 2.31. The van der Waals surface area contributed by atoms with Crippen LogP contribution in [0.2, 0.25) is 0 Å². The normalized spacial score (nSPS) is 19.1. The average molecular weight is 571 g/mol. The van der Waals surface area contributed by atoms with Gasteiger partial charge in [-0.3, -0.25) is 4.79 Å². The maximum atomic E-state index is 12.9. The van der Waals surface area contributed by atoms with Crippen molar-refractivity contribution in [3.8, 4) is 0 Å². The number of aliphatic hydroxyl groups excluding tert-OH is 1. The summed E-state index contributed by atoms with van der Waals surface area (Å²) in [6.07, 6.45) is 7.65. The van der Waals surface area contributed by atoms with Gasteiger partial charge in [0, 0.05) is 56.8 Å². The lowest BCUT2D eigenvalue weighted by atomic mass is 10.0. The van der Waals surface area contributed by atoms with E-state index in [1.54, 1.807) is 15.9 Å². The molecule has 226 valence electrons. The minimum absolute atomic E-state index is 0.0278. The smallest absolute Gasteiger partial charge is 0.410 e. The Labute approximate surface area is 242 Å². The van der Waals surface area contributed by atoms with E-state index in [2.05, 4.69) is 29.5 Å². The lowest BCUT2D eigenvalue weighted by Gasteiger charge is -2.33. The molecule has 0 spiro atoms. The van der Waals surface area contributed by atoms with E-state index in [9.17, 15) is 14.7 Å². The Morgan fingerprint density at radius 1 is 1.20 bits per heavy atom. The third kappa shape index (κ3) is 7.88. The number of amides is 2. The van der Waals surface area contributed by atoms with Crippen LogP contribution in [-0.4, -0.2) is 118 Å². The van der Waals surface area contributed by atoms with Gasteiger partial charge in [-0.2, -0.15) is 0 Å². The molecule has 2 aliphatic heterocycles. The van der Waals surface area contributed by atoms with Gasteiger partial charge in [-0.1, -0.05) is 13.0 Å². The lowest BCUT2D eigenvalue weighted by molar-refractivity contribution is -0.125. The number of piperidine rings is 1. The highest BCUT2D eigenvalue weighted by molar-refractivity contribution is 5.88. The molecule has 0 bridgehead atoms. The molecule has 2 saturated heterocycles. The zero-order valence-electron chi connectivity index (χ0n) is 25.0. The van der Waals surface area contributed by atoms with E-state index >= 15 is 0 Å². The van der Waals surface area contributed by atoms with Gasteiger partial charge in [-0.05, 0) is 47.2 Å². The van der Waals surface area contributed by atoms with Crippen molar-refractivity contribution in [1.29, 1.82) is 0 Å². The van der Waals surface area contributed by atoms with Crippen LogP contribution in [-0.2, 0) is 9.53 Å². The summed E-state index contributed by atoms with van der Waals surface area (Å²) in [4.78, 5) is 40.2. The zero-order valence-corrected chi connectivity index (χ0v) is 25.0. The number of aromatic nitrogens is 3. The molecule has 12 heteroatoms. The topological polar surface area (TPSA) is 128 Å². The van der Waals surface area contributed by atoms with Gasteiger partial charge in [0.15, 0.2) is 5.65 Å². The first-order valence-corrected chi connectivity index (χ1v) is 14.8. The van der Waals surface area contributed by atoms with Crippen molar-refractivity contribution in [2.75, 3.05) is 64.1 Å². The number of fused-ring (bicyclic) bond motifs is 1. The van der Waals surface area contributed by atoms with Gasteiger partial charge in [0.1, 0.15) is 17.4 Å². The summed E-state index contributed by atoms with van der Waals surface area (Å²) in [6.45, 7) is 9.14. The number of likely N-dealkylation sites (N-methyl/N-ethyl adjacent to an activating group) is 1. The molecule has 0 saturated carbocycles. The average Bonchev–Trinajstić information content (AvgIpc) is 3.59. The minimum atomic E-state index is -0.311. The summed E-state index contributed by atoms with van der Waals surface area (Å²) in [5.41, 5.74) is 2.49. The molecule has 2 amide bonds. The highest BCUT2D eigenvalue weighted by atomic mass is 16.6. The van der Waals surface area contributed by atoms with Crippen LogP contribution in [0, 0.1) is 0 Å². The summed E-state index contributed by atoms with van der Waals surface area (Å²) >= 11 is 0. The molecular weight excluding hydrogens is 524 g/mol. The number of pyridine rings is 1. The van der Waals surface area contributed by atoms with Crippen LogP contribution >= 0.6 is 0 Å². The van der Waals surface area contributed by atoms with Crippen molar-refractivity contribution >= 4 is 34.7 Å². The minimum Gasteiger partial charge on any atom is -0.444 e. The first kappa shape index (κ1) is 30.6. The third-order valence-electron chi connectivity index (χ3n) is 7.72. The van der Waals surface area contributed by atoms with Crippen LogP contribution in [0.1, 0.15) is 52.5 Å². The molecule has 0 radical (unpaired) electrons. The van der Waals surface area contributed by atoms with Crippen LogP contribution in [0.15, 0.2) is 24.5 Å². The van der Waals surface area contributed by atoms with E-state index in [0.29, 0.717) is 45.0 Å². The number of hydrogen-bond donors (Lipinski definition) is 3. The second-order valence-electron chi connectivity index (χ2n) is 11.6. The lowest BCUT2D eigenvalue weighted by Crippen LogP contribution is -2.44. The van der Waals surface area contributed by atoms with Gasteiger partial charge in [-0.15, -0.1) is 0 Å². The number of anilines is 2. The highest BCUT2D eigenvalue weighted by Crippen LogP contribution is 2.29. The van der Waals surface area contributed by atoms with Gasteiger partial charge < -0.3 is 39.7 Å². The number of imidazole rings is 1. The van der Waals surface area contributed by atoms with Crippen LogP contribution in [0.25, 0.3) is 11.2 Å². The number of rotatable bonds is 11. The van der Waals surface area contributed by atoms with E-state index in [4.69, 9.17) is 9.72 Å². The van der Waals surface area contributed by atoms with Crippen LogP contribution < -0.4 is 10.6 Å². The second-order valence-corrected chi connectivity index (χ2v) is 11.6. The second kappa shape index (κ2) is 14.0. The predicted molar refractivity (Wildman–Crippen MR) is 160 cm³/mol. The first-order chi connectivity index (χ1) is 19.7. The standard InChI is InChI=1S/C29H46N8O4/c1-6-21(18-38)32-25-16-24(27-28(33-25)37(19-30-27)20(2)3)31-22-9-13-35(14-10-22)29(40)41-23-11-15-36(17-23)26(39)8-7-12-34(4)5/h7-8,16,19-23,38H,6,9-15,17-18H2,1-5H3,(H2,31,32,33)/b8-7+/t21-,23+/m1/s1. The Morgan fingerprint density at radius 3 is 2.59 bits per heavy atom. The Balaban J connectivity index is 1.32. The summed E-state index contributed by atoms with van der Waals surface area (Å²) < 4.78 is 7.82. The van der Waals surface area contributed by atoms with E-state index in [1.165, 1.54) is 0 Å². The molecule has 2 aliphatic rings. The molecule has 0 unspecified atom stereocenters. The summed E-state index contributed by atoms with van der Waals surface area (Å²) in [6, 6.07) is 2.24. The van der Waals surface area contributed by atoms with E-state index in [0.717, 1.165) is 36.1 Å². The largest absolute Gasteiger partial charge is 0.444 e. The predicted octanol–water partition coefficient (Wildman–Crippen LogP) is 2.93. The number of aliphatic hydroxyl groups is 1. The van der Waals surface area contributed by atoms with Gasteiger partial charge in [0.2, 0.25) is 5.91 Å². The molecule has 2 aromatic heterocycles. The van der Waals surface area contributed by atoms with E-state index < -0.39 is 0 Å². The fourth-order valence-electron chi connectivity index (χ4n) is 5.19. The van der Waals surface area contributed by atoms with Crippen molar-refractivity contribution in [1.82, 2.24) is 29.2 Å². The fourth-order valence-corrected chi connectivity index (χ4v) is 5.19. The van der Waals surface area contributed by atoms with Crippen LogP contribution in [0.5, 0.6) is 0 Å². The van der Waals surface area contributed by atoms with Crippen molar-refractivity contribution < 1.29 is 19.4 Å². The molecule has 2 atom stereocenters. The number of nitrogens with one attached hydrogen (secondary N) is 2. The molecule has 0 aromatic carbocycles. The zero-order chi connectivity index (χ0) is 29.5. The summed E-state index contributed by atoms with van der Waals surface area (Å²) in [5.74, 6) is 0.655. The summed E-state index contributed by atoms with van der Waals surface area (Å²) in [5, 5.41) is 16.7. The molecule has 2 fully saturated rings. The number of hydrogen-bond acceptors (Lipinski definition) is 9. The maximum Gasteiger partial charge on any atom is 0.410 e. The van der Waals surface area contributed by atoms with Gasteiger partial charge >= 0.3 is 6.09 Å². The molecule has 12 nitrogen and oxygen atoms in total. The number of nitrogens with zero attached hydrogens (tertiary/aromatic N) is 6. The van der Waals surface area contributed by atoms with Crippen LogP contribution in [0.3, 0.4) is 0 Å². The third-order valence-corrected chi connectivity index (χ3v) is 7.72. The monoisotopic (exact) mass is 570 g/mol. The number of likely N-dealkylation sites (tertiary alicyclic amines) is 2. The molecule has 3 N–H and O–H groups in total. The van der Waals surface area contributed by atoms with Crippen molar-refractivity contribution in [2.45, 2.75) is 70.7 Å². The number of carbonyl (C=O) groups is 2. The SMILES string of the molecule is CC[C@H](CO)Nc1cc(NC2CCN(C(=O)O[C@H]3CCN(C(=O)/C=C/CN(C)C)C3)CC2)c2ncn(C(C)C)c2n1. The Kier molecular flexibility index (Phi) is 10.4. The maximum absolute atomic E-state index is 12.9. The molecule has 0 aliphatic carbocycles. The molecule has 41 heavy (non-hydrogen) atoms. The van der Waals surface area contributed by atoms with Crippen LogP contribution in [0.4, 0.5) is 16.3 Å². The van der Waals surface area contributed by atoms with Gasteiger partial charge in [0.05, 0.1) is 31.2 Å². The van der Waals surface area contributed by atoms with Crippen molar-refractivity contribution in [3.63, 3.8) is 0 Å². The van der Waals surface area contributed by atoms with Crippen molar-refractivity contribution in [3.05, 3.63) is 24.5 Å². The van der Waals surface area contributed by atoms with Gasteiger partial charge in [0.25, 0.3) is 0 Å². The van der Waals surface area contributed by atoms with Gasteiger partial charge in [-0.25, -0.2) is 14.8 Å².